The summed E-state index contributed by atoms with van der Waals surface area (Å²) in [5.74, 6) is 0.116. The second kappa shape index (κ2) is 8.05. The van der Waals surface area contributed by atoms with Gasteiger partial charge in [-0.05, 0) is 24.4 Å². The molecule has 0 bridgehead atoms. The molecule has 4 heterocycles. The number of rotatable bonds is 6. The van der Waals surface area contributed by atoms with Gasteiger partial charge in [0, 0.05) is 13.2 Å². The van der Waals surface area contributed by atoms with Crippen molar-refractivity contribution in [3.8, 4) is 0 Å². The van der Waals surface area contributed by atoms with Crippen LogP contribution in [0.4, 0.5) is 0 Å². The molecule has 0 saturated carbocycles. The summed E-state index contributed by atoms with van der Waals surface area (Å²) in [5, 5.41) is 13.3. The lowest BCUT2D eigenvalue weighted by Crippen LogP contribution is -2.21. The summed E-state index contributed by atoms with van der Waals surface area (Å²) in [6.45, 7) is 1.34. The fraction of sp³-hybridized carbons (Fsp3) is 0.467. The van der Waals surface area contributed by atoms with Gasteiger partial charge in [-0.2, -0.15) is 5.10 Å². The first-order valence-electron chi connectivity index (χ1n) is 8.28. The smallest absolute Gasteiger partial charge is 0.262 e. The van der Waals surface area contributed by atoms with E-state index >= 15 is 0 Å². The minimum Gasteiger partial charge on any atom is -0.381 e. The number of fused-ring (bicyclic) bond motifs is 1. The third-order valence-electron chi connectivity index (χ3n) is 4.14. The number of aromatic nitrogens is 6. The molecule has 0 spiro atoms. The predicted molar refractivity (Wildman–Crippen MR) is 102 cm³/mol. The van der Waals surface area contributed by atoms with Gasteiger partial charge in [-0.3, -0.25) is 9.59 Å². The summed E-state index contributed by atoms with van der Waals surface area (Å²) in [5.41, 5.74) is 0.278. The Morgan fingerprint density at radius 1 is 1.41 bits per heavy atom. The van der Waals surface area contributed by atoms with Crippen LogP contribution >= 0.6 is 34.7 Å². The normalized spacial score (nSPS) is 15.4. The minimum absolute atomic E-state index is 0.0477. The number of H-pyrrole nitrogens is 1. The van der Waals surface area contributed by atoms with Gasteiger partial charge in [0.15, 0.2) is 10.8 Å². The standard InChI is InChI=1S/C15H15ClN6O3S2/c16-14-21-20-11(27-14)5-9(23)7-26-15-18-12-10(13(24)19-15)6-17-22(12)8-1-3-25-4-2-8/h6,8H,1-5,7H2,(H,18,19,24). The van der Waals surface area contributed by atoms with E-state index in [1.54, 1.807) is 4.68 Å². The molecule has 1 aliphatic heterocycles. The van der Waals surface area contributed by atoms with Crippen molar-refractivity contribution in [2.24, 2.45) is 0 Å². The fourth-order valence-electron chi connectivity index (χ4n) is 2.85. The van der Waals surface area contributed by atoms with E-state index in [1.807, 2.05) is 0 Å². The molecule has 0 radical (unpaired) electrons. The van der Waals surface area contributed by atoms with Crippen molar-refractivity contribution in [2.75, 3.05) is 19.0 Å². The van der Waals surface area contributed by atoms with Gasteiger partial charge in [-0.1, -0.05) is 23.1 Å². The van der Waals surface area contributed by atoms with Gasteiger partial charge >= 0.3 is 0 Å². The van der Waals surface area contributed by atoms with Crippen molar-refractivity contribution in [3.05, 3.63) is 26.0 Å². The van der Waals surface area contributed by atoms with Crippen LogP contribution in [-0.4, -0.2) is 54.7 Å². The highest BCUT2D eigenvalue weighted by Gasteiger charge is 2.21. The molecule has 0 aromatic carbocycles. The molecule has 0 unspecified atom stereocenters. The third kappa shape index (κ3) is 4.21. The van der Waals surface area contributed by atoms with E-state index in [2.05, 4.69) is 25.3 Å². The van der Waals surface area contributed by atoms with Gasteiger partial charge in [0.05, 0.1) is 24.4 Å². The minimum atomic E-state index is -0.260. The summed E-state index contributed by atoms with van der Waals surface area (Å²) in [7, 11) is 0. The Kier molecular flexibility index (Phi) is 5.53. The summed E-state index contributed by atoms with van der Waals surface area (Å²) >= 11 is 8.08. The Bertz CT molecular complexity index is 1030. The molecule has 3 aromatic rings. The molecule has 3 aromatic heterocycles. The summed E-state index contributed by atoms with van der Waals surface area (Å²) in [6.07, 6.45) is 3.35. The maximum atomic E-state index is 12.3. The highest BCUT2D eigenvalue weighted by Crippen LogP contribution is 2.24. The number of nitrogens with one attached hydrogen (secondary N) is 1. The van der Waals surface area contributed by atoms with Gasteiger partial charge < -0.3 is 9.72 Å². The van der Waals surface area contributed by atoms with Crippen LogP contribution < -0.4 is 5.56 Å². The first-order valence-corrected chi connectivity index (χ1v) is 10.5. The first kappa shape index (κ1) is 18.5. The first-order chi connectivity index (χ1) is 13.1. The van der Waals surface area contributed by atoms with Gasteiger partial charge in [0.1, 0.15) is 16.2 Å². The van der Waals surface area contributed by atoms with E-state index < -0.39 is 0 Å². The molecule has 142 valence electrons. The van der Waals surface area contributed by atoms with E-state index in [1.165, 1.54) is 29.3 Å². The number of Topliss-reactive ketones (excluding diaryl/α,β-unsaturated/α-hetero) is 1. The molecule has 12 heteroatoms. The maximum absolute atomic E-state index is 12.3. The number of aromatic amines is 1. The number of halogens is 1. The maximum Gasteiger partial charge on any atom is 0.262 e. The lowest BCUT2D eigenvalue weighted by molar-refractivity contribution is -0.116. The van der Waals surface area contributed by atoms with Crippen LogP contribution in [0.1, 0.15) is 23.9 Å². The van der Waals surface area contributed by atoms with E-state index in [9.17, 15) is 9.59 Å². The molecule has 1 aliphatic rings. The quantitative estimate of drug-likeness (QED) is 0.469. The molecule has 0 aliphatic carbocycles. The van der Waals surface area contributed by atoms with Crippen LogP contribution in [0.2, 0.25) is 4.47 Å². The number of thioether (sulfide) groups is 1. The molecule has 27 heavy (non-hydrogen) atoms. The van der Waals surface area contributed by atoms with Crippen LogP contribution in [0.25, 0.3) is 11.0 Å². The zero-order valence-corrected chi connectivity index (χ0v) is 16.4. The highest BCUT2D eigenvalue weighted by molar-refractivity contribution is 7.99. The Morgan fingerprint density at radius 3 is 2.96 bits per heavy atom. The molecule has 1 saturated heterocycles. The average Bonchev–Trinajstić information content (AvgIpc) is 3.27. The SMILES string of the molecule is O=C(CSc1nc2c(cnn2C2CCOCC2)c(=O)[nH]1)Cc1nnc(Cl)s1. The Labute approximate surface area is 166 Å². The monoisotopic (exact) mass is 426 g/mol. The van der Waals surface area contributed by atoms with Crippen molar-refractivity contribution in [3.63, 3.8) is 0 Å². The van der Waals surface area contributed by atoms with Crippen LogP contribution in [0, 0.1) is 0 Å². The van der Waals surface area contributed by atoms with Crippen molar-refractivity contribution in [2.45, 2.75) is 30.5 Å². The number of ether oxygens (including phenoxy) is 1. The number of ketones is 1. The number of carbonyl (C=O) groups is 1. The summed E-state index contributed by atoms with van der Waals surface area (Å²) in [4.78, 5) is 31.7. The van der Waals surface area contributed by atoms with Crippen LogP contribution in [0.5, 0.6) is 0 Å². The van der Waals surface area contributed by atoms with E-state index in [0.717, 1.165) is 12.8 Å². The van der Waals surface area contributed by atoms with Gasteiger partial charge in [-0.25, -0.2) is 9.67 Å². The van der Waals surface area contributed by atoms with E-state index in [0.29, 0.717) is 38.9 Å². The molecule has 9 nitrogen and oxygen atoms in total. The summed E-state index contributed by atoms with van der Waals surface area (Å²) in [6, 6.07) is 0.159. The summed E-state index contributed by atoms with van der Waals surface area (Å²) < 4.78 is 7.49. The molecular weight excluding hydrogens is 412 g/mol. The lowest BCUT2D eigenvalue weighted by atomic mass is 10.1. The molecule has 0 atom stereocenters. The van der Waals surface area contributed by atoms with Crippen molar-refractivity contribution < 1.29 is 9.53 Å². The van der Waals surface area contributed by atoms with Gasteiger partial charge in [0.2, 0.25) is 4.47 Å². The topological polar surface area (TPSA) is 116 Å². The zero-order valence-electron chi connectivity index (χ0n) is 14.1. The Hall–Kier alpha value is -1.82. The fourth-order valence-corrected chi connectivity index (χ4v) is 4.47. The van der Waals surface area contributed by atoms with Gasteiger partial charge in [0.25, 0.3) is 5.56 Å². The average molecular weight is 427 g/mol. The Morgan fingerprint density at radius 2 is 2.22 bits per heavy atom. The molecule has 1 N–H and O–H groups in total. The van der Waals surface area contributed by atoms with Crippen LogP contribution in [0.15, 0.2) is 16.1 Å². The number of nitrogens with zero attached hydrogens (tertiary/aromatic N) is 5. The van der Waals surface area contributed by atoms with Crippen LogP contribution in [-0.2, 0) is 16.0 Å². The Balaban J connectivity index is 1.50. The number of hydrogen-bond acceptors (Lipinski definition) is 9. The van der Waals surface area contributed by atoms with E-state index in [-0.39, 0.29) is 29.6 Å². The van der Waals surface area contributed by atoms with Gasteiger partial charge in [-0.15, -0.1) is 10.2 Å². The second-order valence-electron chi connectivity index (χ2n) is 5.99. The molecular formula is C15H15ClN6O3S2. The zero-order chi connectivity index (χ0) is 18.8. The lowest BCUT2D eigenvalue weighted by Gasteiger charge is -2.22. The van der Waals surface area contributed by atoms with Crippen molar-refractivity contribution in [1.82, 2.24) is 29.9 Å². The largest absolute Gasteiger partial charge is 0.381 e. The van der Waals surface area contributed by atoms with Crippen molar-refractivity contribution in [1.29, 1.82) is 0 Å². The predicted octanol–water partition coefficient (Wildman–Crippen LogP) is 1.88. The van der Waals surface area contributed by atoms with Crippen molar-refractivity contribution >= 4 is 51.5 Å². The third-order valence-corrected chi connectivity index (χ3v) is 6.09. The van der Waals surface area contributed by atoms with Crippen LogP contribution in [0.3, 0.4) is 0 Å². The molecule has 0 amide bonds. The second-order valence-corrected chi connectivity index (χ2v) is 8.60. The highest BCUT2D eigenvalue weighted by atomic mass is 35.5. The number of carbonyl (C=O) groups excluding carboxylic acids is 1. The molecule has 1 fully saturated rings. The molecule has 4 rings (SSSR count). The number of hydrogen-bond donors (Lipinski definition) is 1. The van der Waals surface area contributed by atoms with E-state index in [4.69, 9.17) is 16.3 Å².